The molecule has 4 N–H and O–H groups in total. The number of nitrogens with zero attached hydrogens (tertiary/aromatic N) is 4. The number of aryl methyl sites for hydroxylation is 1. The number of aromatic nitrogens is 3. The van der Waals surface area contributed by atoms with Crippen LogP contribution < -0.4 is 16.4 Å². The minimum absolute atomic E-state index is 0.0340. The number of halogens is 3. The maximum Gasteiger partial charge on any atom is 0.283 e. The van der Waals surface area contributed by atoms with Gasteiger partial charge in [-0.3, -0.25) is 9.59 Å². The number of nitrogen functional groups attached to an aromatic ring is 1. The first-order valence-electron chi connectivity index (χ1n) is 15.9. The Balaban J connectivity index is 1.41. The van der Waals surface area contributed by atoms with Crippen molar-refractivity contribution in [1.29, 1.82) is 0 Å². The van der Waals surface area contributed by atoms with E-state index in [1.54, 1.807) is 36.5 Å². The van der Waals surface area contributed by atoms with Crippen molar-refractivity contribution in [3.05, 3.63) is 71.4 Å². The van der Waals surface area contributed by atoms with Crippen LogP contribution in [0.3, 0.4) is 0 Å². The first-order valence-corrected chi connectivity index (χ1v) is 16.3. The Morgan fingerprint density at radius 3 is 2.51 bits per heavy atom. The highest BCUT2D eigenvalue weighted by Crippen LogP contribution is 2.44. The molecule has 10 nitrogen and oxygen atoms in total. The van der Waals surface area contributed by atoms with E-state index in [0.717, 1.165) is 25.9 Å². The number of nitrogens with two attached hydrogens (primary N) is 1. The number of pyridine rings is 2. The molecule has 0 spiro atoms. The van der Waals surface area contributed by atoms with Crippen LogP contribution in [0.15, 0.2) is 55.1 Å². The Hall–Kier alpha value is -4.83. The second-order valence-electron chi connectivity index (χ2n) is 12.5. The third-order valence-corrected chi connectivity index (χ3v) is 9.17. The topological polar surface area (TPSA) is 127 Å². The number of rotatable bonds is 9. The number of benzene rings is 1. The van der Waals surface area contributed by atoms with Gasteiger partial charge in [0.1, 0.15) is 23.8 Å². The number of hydrogen-bond acceptors (Lipinski definition) is 7. The molecule has 13 heteroatoms. The molecule has 0 unspecified atom stereocenters. The number of carbonyl (C=O) groups is 2. The zero-order valence-electron chi connectivity index (χ0n) is 27.2. The van der Waals surface area contributed by atoms with Crippen LogP contribution in [0, 0.1) is 11.8 Å². The second kappa shape index (κ2) is 14.0. The van der Waals surface area contributed by atoms with E-state index in [4.69, 9.17) is 22.1 Å². The van der Waals surface area contributed by atoms with E-state index in [1.165, 1.54) is 6.20 Å². The normalized spacial score (nSPS) is 15.8. The maximum absolute atomic E-state index is 14.2. The zero-order chi connectivity index (χ0) is 34.9. The Morgan fingerprint density at radius 1 is 1.14 bits per heavy atom. The smallest absolute Gasteiger partial charge is 0.283 e. The summed E-state index contributed by atoms with van der Waals surface area (Å²) in [5.41, 5.74) is 9.41. The van der Waals surface area contributed by atoms with Crippen molar-refractivity contribution in [2.45, 2.75) is 37.5 Å². The minimum Gasteiger partial charge on any atom is -0.383 e. The van der Waals surface area contributed by atoms with Gasteiger partial charge in [-0.05, 0) is 56.5 Å². The van der Waals surface area contributed by atoms with Gasteiger partial charge in [-0.15, -0.1) is 0 Å². The minimum atomic E-state index is -1.37. The second-order valence-corrected chi connectivity index (χ2v) is 12.9. The molecule has 1 aliphatic heterocycles. The summed E-state index contributed by atoms with van der Waals surface area (Å²) in [4.78, 5) is 35.8. The maximum atomic E-state index is 14.2. The molecule has 4 aromatic rings. The van der Waals surface area contributed by atoms with Gasteiger partial charge in [-0.1, -0.05) is 42.2 Å². The summed E-state index contributed by atoms with van der Waals surface area (Å²) in [7, 11) is 3.96. The highest BCUT2D eigenvalue weighted by molar-refractivity contribution is 6.34. The SMILES string of the molecule is C=C(F)C(=O)Nc1ccc(-c2c(-c3cnc(C(=O)NCC4(F)CC4)c(Cl)c3)c3c(N)ncc(C#CCOC4CCN(C)CC4)c3n2C)cc1. The van der Waals surface area contributed by atoms with Crippen molar-refractivity contribution >= 4 is 45.8 Å². The molecule has 0 bridgehead atoms. The van der Waals surface area contributed by atoms with Gasteiger partial charge in [0.15, 0.2) is 5.83 Å². The molecule has 1 saturated heterocycles. The summed E-state index contributed by atoms with van der Waals surface area (Å²) >= 11 is 6.63. The number of nitrogens with one attached hydrogen (secondary N) is 2. The van der Waals surface area contributed by atoms with Gasteiger partial charge in [-0.2, -0.15) is 0 Å². The van der Waals surface area contributed by atoms with Crippen LogP contribution in [0.25, 0.3) is 33.3 Å². The van der Waals surface area contributed by atoms with Crippen molar-refractivity contribution in [2.24, 2.45) is 7.05 Å². The van der Waals surface area contributed by atoms with Gasteiger partial charge in [0.05, 0.1) is 39.8 Å². The molecule has 6 rings (SSSR count). The van der Waals surface area contributed by atoms with Crippen molar-refractivity contribution < 1.29 is 23.1 Å². The summed E-state index contributed by atoms with van der Waals surface area (Å²) < 4.78 is 35.5. The average Bonchev–Trinajstić information content (AvgIpc) is 3.74. The van der Waals surface area contributed by atoms with Crippen molar-refractivity contribution in [3.63, 3.8) is 0 Å². The van der Waals surface area contributed by atoms with E-state index < -0.39 is 23.3 Å². The Bertz CT molecular complexity index is 2010. The Morgan fingerprint density at radius 2 is 1.86 bits per heavy atom. The molecule has 2 amide bonds. The van der Waals surface area contributed by atoms with Crippen LogP contribution >= 0.6 is 11.6 Å². The largest absolute Gasteiger partial charge is 0.383 e. The van der Waals surface area contributed by atoms with Crippen molar-refractivity contribution in [2.75, 3.05) is 44.3 Å². The van der Waals surface area contributed by atoms with E-state index in [2.05, 4.69) is 51.0 Å². The standard InChI is InChI=1S/C36H36ClF2N7O3/c1-21(38)34(47)44-25-8-6-22(7-9-25)31-28(24-17-27(37)30(41-19-24)35(48)43-20-36(39)12-13-36)29-32(46(31)3)23(18-42-33(29)40)5-4-16-49-26-10-14-45(2)15-11-26/h6-9,17-19,26H,1,10-16,20H2,2-3H3,(H2,40,42)(H,43,48)(H,44,47). The average molecular weight is 688 g/mol. The molecular formula is C36H36ClF2N7O3. The van der Waals surface area contributed by atoms with E-state index in [0.29, 0.717) is 57.4 Å². The van der Waals surface area contributed by atoms with Gasteiger partial charge in [0.25, 0.3) is 11.8 Å². The molecule has 1 aromatic carbocycles. The quantitative estimate of drug-likeness (QED) is 0.153. The van der Waals surface area contributed by atoms with Crippen LogP contribution in [0.1, 0.15) is 41.7 Å². The fraction of sp³-hybridized carbons (Fsp3) is 0.333. The molecule has 254 valence electrons. The number of hydrogen-bond donors (Lipinski definition) is 3. The molecule has 49 heavy (non-hydrogen) atoms. The highest BCUT2D eigenvalue weighted by Gasteiger charge is 2.43. The van der Waals surface area contributed by atoms with Crippen LogP contribution in [0.2, 0.25) is 5.02 Å². The van der Waals surface area contributed by atoms with Crippen LogP contribution in [0.4, 0.5) is 20.3 Å². The first-order chi connectivity index (χ1) is 23.4. The molecular weight excluding hydrogens is 652 g/mol. The number of amides is 2. The Kier molecular flexibility index (Phi) is 9.70. The van der Waals surface area contributed by atoms with Gasteiger partial charge < -0.3 is 30.6 Å². The number of likely N-dealkylation sites (tertiary alicyclic amines) is 1. The lowest BCUT2D eigenvalue weighted by atomic mass is 9.98. The molecule has 2 aliphatic rings. The fourth-order valence-corrected chi connectivity index (χ4v) is 6.20. The fourth-order valence-electron chi connectivity index (χ4n) is 5.95. The Labute approximate surface area is 287 Å². The van der Waals surface area contributed by atoms with E-state index >= 15 is 0 Å². The number of carbonyl (C=O) groups excluding carboxylic acids is 2. The van der Waals surface area contributed by atoms with Crippen LogP contribution in [0.5, 0.6) is 0 Å². The van der Waals surface area contributed by atoms with E-state index in [-0.39, 0.29) is 35.8 Å². The molecule has 4 heterocycles. The van der Waals surface area contributed by atoms with Gasteiger partial charge in [0.2, 0.25) is 0 Å². The predicted octanol–water partition coefficient (Wildman–Crippen LogP) is 5.65. The number of anilines is 2. The zero-order valence-corrected chi connectivity index (χ0v) is 28.0. The third-order valence-electron chi connectivity index (χ3n) is 8.88. The van der Waals surface area contributed by atoms with Gasteiger partial charge in [0, 0.05) is 49.3 Å². The summed E-state index contributed by atoms with van der Waals surface area (Å²) in [5.74, 6) is 3.97. The molecule has 1 saturated carbocycles. The van der Waals surface area contributed by atoms with E-state index in [1.807, 2.05) is 11.6 Å². The molecule has 3 aromatic heterocycles. The van der Waals surface area contributed by atoms with Gasteiger partial charge in [-0.25, -0.2) is 18.7 Å². The summed E-state index contributed by atoms with van der Waals surface area (Å²) in [6, 6.07) is 8.41. The lowest BCUT2D eigenvalue weighted by molar-refractivity contribution is -0.114. The number of fused-ring (bicyclic) bond motifs is 1. The first kappa shape index (κ1) is 34.0. The summed E-state index contributed by atoms with van der Waals surface area (Å²) in [6.07, 6.45) is 6.01. The lowest BCUT2D eigenvalue weighted by Crippen LogP contribution is -2.34. The summed E-state index contributed by atoms with van der Waals surface area (Å²) in [5, 5.41) is 5.70. The molecule has 1 aliphatic carbocycles. The highest BCUT2D eigenvalue weighted by atomic mass is 35.5. The summed E-state index contributed by atoms with van der Waals surface area (Å²) in [6.45, 7) is 5.15. The van der Waals surface area contributed by atoms with Crippen molar-refractivity contribution in [3.8, 4) is 34.2 Å². The number of alkyl halides is 1. The molecule has 2 fully saturated rings. The van der Waals surface area contributed by atoms with Crippen LogP contribution in [-0.2, 0) is 16.6 Å². The van der Waals surface area contributed by atoms with E-state index in [9.17, 15) is 18.4 Å². The molecule has 0 atom stereocenters. The lowest BCUT2D eigenvalue weighted by Gasteiger charge is -2.28. The van der Waals surface area contributed by atoms with Gasteiger partial charge >= 0.3 is 0 Å². The van der Waals surface area contributed by atoms with Crippen molar-refractivity contribution in [1.82, 2.24) is 24.8 Å². The predicted molar refractivity (Wildman–Crippen MR) is 186 cm³/mol. The number of ether oxygens (including phenoxy) is 1. The number of piperidine rings is 1. The van der Waals surface area contributed by atoms with Crippen LogP contribution in [-0.4, -0.2) is 76.3 Å². The monoisotopic (exact) mass is 687 g/mol. The molecule has 0 radical (unpaired) electrons. The third kappa shape index (κ3) is 7.44.